The van der Waals surface area contributed by atoms with Gasteiger partial charge in [0.15, 0.2) is 0 Å². The number of nitrogens with one attached hydrogen (secondary N) is 1. The Morgan fingerprint density at radius 3 is 2.72 bits per heavy atom. The van der Waals surface area contributed by atoms with Gasteiger partial charge in [-0.25, -0.2) is 0 Å². The molecule has 0 aromatic carbocycles. The van der Waals surface area contributed by atoms with Gasteiger partial charge in [0.05, 0.1) is 12.2 Å². The van der Waals surface area contributed by atoms with Crippen molar-refractivity contribution in [1.29, 1.82) is 0 Å². The Labute approximate surface area is 115 Å². The van der Waals surface area contributed by atoms with E-state index in [1.54, 1.807) is 7.11 Å². The Morgan fingerprint density at radius 1 is 1.22 bits per heavy atom. The van der Waals surface area contributed by atoms with Crippen LogP contribution in [0.2, 0.25) is 0 Å². The highest BCUT2D eigenvalue weighted by atomic mass is 32.2. The van der Waals surface area contributed by atoms with E-state index in [0.717, 1.165) is 18.3 Å². The molecule has 2 aliphatic rings. The maximum atomic E-state index is 5.67. The topological polar surface area (TPSA) is 30.5 Å². The fourth-order valence-electron chi connectivity index (χ4n) is 3.22. The minimum atomic E-state index is 0.253. The molecule has 0 radical (unpaired) electrons. The molecule has 0 amide bonds. The fourth-order valence-corrected chi connectivity index (χ4v) is 4.36. The van der Waals surface area contributed by atoms with Gasteiger partial charge in [-0.3, -0.25) is 0 Å². The van der Waals surface area contributed by atoms with Gasteiger partial charge in [-0.15, -0.1) is 0 Å². The zero-order valence-electron chi connectivity index (χ0n) is 11.9. The average molecular weight is 273 g/mol. The minimum Gasteiger partial charge on any atom is -0.377 e. The number of thioether (sulfide) groups is 1. The maximum absolute atomic E-state index is 5.67. The lowest BCUT2D eigenvalue weighted by Crippen LogP contribution is -2.61. The molecule has 2 rings (SSSR count). The largest absolute Gasteiger partial charge is 0.377 e. The summed E-state index contributed by atoms with van der Waals surface area (Å²) in [4.78, 5) is 0. The van der Waals surface area contributed by atoms with Crippen molar-refractivity contribution < 1.29 is 9.47 Å². The van der Waals surface area contributed by atoms with E-state index in [2.05, 4.69) is 30.9 Å². The molecule has 0 bridgehead atoms. The molecule has 0 saturated heterocycles. The second-order valence-electron chi connectivity index (χ2n) is 5.29. The van der Waals surface area contributed by atoms with Gasteiger partial charge >= 0.3 is 0 Å². The fraction of sp³-hybridized carbons (Fsp3) is 1.00. The normalized spacial score (nSPS) is 39.8. The van der Waals surface area contributed by atoms with Crippen LogP contribution in [0.5, 0.6) is 0 Å². The summed E-state index contributed by atoms with van der Waals surface area (Å²) in [6, 6.07) is 1.20. The van der Waals surface area contributed by atoms with Gasteiger partial charge in [-0.1, -0.05) is 6.92 Å². The van der Waals surface area contributed by atoms with Crippen molar-refractivity contribution in [2.75, 3.05) is 19.5 Å². The third-order valence-electron chi connectivity index (χ3n) is 4.14. The summed E-state index contributed by atoms with van der Waals surface area (Å²) in [6.07, 6.45) is 5.68. The number of ether oxygens (including phenoxy) is 2. The minimum absolute atomic E-state index is 0.253. The molecule has 0 aliphatic heterocycles. The molecule has 0 heterocycles. The molecule has 0 aromatic heterocycles. The van der Waals surface area contributed by atoms with Crippen LogP contribution < -0.4 is 5.32 Å². The summed E-state index contributed by atoms with van der Waals surface area (Å²) in [6.45, 7) is 5.10. The smallest absolute Gasteiger partial charge is 0.0986 e. The number of hydrogen-bond acceptors (Lipinski definition) is 4. The Balaban J connectivity index is 1.71. The molecule has 3 nitrogen and oxygen atoms in total. The average Bonchev–Trinajstić information content (AvgIpc) is 2.76. The molecule has 5 unspecified atom stereocenters. The predicted octanol–water partition coefficient (Wildman–Crippen LogP) is 2.44. The molecule has 0 spiro atoms. The van der Waals surface area contributed by atoms with Crippen LogP contribution in [-0.2, 0) is 9.47 Å². The van der Waals surface area contributed by atoms with E-state index in [1.165, 1.54) is 25.0 Å². The van der Waals surface area contributed by atoms with E-state index in [4.69, 9.17) is 9.47 Å². The summed E-state index contributed by atoms with van der Waals surface area (Å²) >= 11 is 2.11. The number of methoxy groups -OCH3 is 1. The second-order valence-corrected chi connectivity index (χ2v) is 6.87. The number of hydrogen-bond donors (Lipinski definition) is 1. The van der Waals surface area contributed by atoms with Crippen molar-refractivity contribution in [2.45, 2.75) is 69.1 Å². The van der Waals surface area contributed by atoms with Crippen molar-refractivity contribution in [2.24, 2.45) is 0 Å². The molecule has 4 heteroatoms. The van der Waals surface area contributed by atoms with Crippen molar-refractivity contribution in [3.05, 3.63) is 0 Å². The molecule has 2 saturated carbocycles. The lowest BCUT2D eigenvalue weighted by molar-refractivity contribution is -0.133. The highest BCUT2D eigenvalue weighted by Crippen LogP contribution is 2.33. The van der Waals surface area contributed by atoms with Crippen molar-refractivity contribution in [3.63, 3.8) is 0 Å². The van der Waals surface area contributed by atoms with Crippen LogP contribution >= 0.6 is 11.8 Å². The highest BCUT2D eigenvalue weighted by molar-refractivity contribution is 7.99. The predicted molar refractivity (Wildman–Crippen MR) is 77.3 cm³/mol. The highest BCUT2D eigenvalue weighted by Gasteiger charge is 2.43. The number of rotatable bonds is 7. The van der Waals surface area contributed by atoms with Crippen LogP contribution in [0, 0.1) is 0 Å². The van der Waals surface area contributed by atoms with Crippen LogP contribution in [0.25, 0.3) is 0 Å². The van der Waals surface area contributed by atoms with Crippen LogP contribution in [0.1, 0.15) is 39.5 Å². The van der Waals surface area contributed by atoms with Gasteiger partial charge in [0, 0.05) is 31.1 Å². The SMILES string of the molecule is CCOC1CC(NC2CCC(SCC)C2)C1OC. The molecular weight excluding hydrogens is 246 g/mol. The monoisotopic (exact) mass is 273 g/mol. The van der Waals surface area contributed by atoms with E-state index in [1.807, 2.05) is 0 Å². The summed E-state index contributed by atoms with van der Waals surface area (Å²) in [5.74, 6) is 1.24. The van der Waals surface area contributed by atoms with Crippen molar-refractivity contribution in [1.82, 2.24) is 5.32 Å². The Kier molecular flexibility index (Phi) is 5.80. The zero-order chi connectivity index (χ0) is 13.0. The molecule has 0 aromatic rings. The van der Waals surface area contributed by atoms with Gasteiger partial charge in [0.25, 0.3) is 0 Å². The first-order valence-electron chi connectivity index (χ1n) is 7.30. The van der Waals surface area contributed by atoms with E-state index in [-0.39, 0.29) is 6.10 Å². The van der Waals surface area contributed by atoms with Crippen LogP contribution in [0.15, 0.2) is 0 Å². The maximum Gasteiger partial charge on any atom is 0.0986 e. The lowest BCUT2D eigenvalue weighted by Gasteiger charge is -2.44. The molecular formula is C14H27NO2S. The van der Waals surface area contributed by atoms with Crippen molar-refractivity contribution >= 4 is 11.8 Å². The first kappa shape index (κ1) is 14.6. The third-order valence-corrected chi connectivity index (χ3v) is 5.37. The van der Waals surface area contributed by atoms with E-state index in [9.17, 15) is 0 Å². The third kappa shape index (κ3) is 3.41. The van der Waals surface area contributed by atoms with Gasteiger partial charge in [-0.05, 0) is 38.4 Å². The Bertz CT molecular complexity index is 252. The second kappa shape index (κ2) is 7.13. The van der Waals surface area contributed by atoms with Gasteiger partial charge in [0.2, 0.25) is 0 Å². The van der Waals surface area contributed by atoms with Gasteiger partial charge < -0.3 is 14.8 Å². The van der Waals surface area contributed by atoms with Gasteiger partial charge in [-0.2, -0.15) is 11.8 Å². The molecule has 18 heavy (non-hydrogen) atoms. The first-order valence-corrected chi connectivity index (χ1v) is 8.35. The standard InChI is InChI=1S/C14H27NO2S/c1-4-17-13-9-12(14(13)16-3)15-10-6-7-11(8-10)18-5-2/h10-15H,4-9H2,1-3H3. The van der Waals surface area contributed by atoms with Crippen LogP contribution in [-0.4, -0.2) is 49.0 Å². The quantitative estimate of drug-likeness (QED) is 0.772. The Hall–Kier alpha value is 0.230. The summed E-state index contributed by atoms with van der Waals surface area (Å²) < 4.78 is 11.2. The van der Waals surface area contributed by atoms with E-state index >= 15 is 0 Å². The van der Waals surface area contributed by atoms with Crippen LogP contribution in [0.3, 0.4) is 0 Å². The first-order chi connectivity index (χ1) is 8.78. The molecule has 1 N–H and O–H groups in total. The molecule has 106 valence electrons. The summed E-state index contributed by atoms with van der Waals surface area (Å²) in [5.41, 5.74) is 0. The Morgan fingerprint density at radius 2 is 2.06 bits per heavy atom. The van der Waals surface area contributed by atoms with E-state index in [0.29, 0.717) is 18.2 Å². The molecule has 2 aliphatic carbocycles. The summed E-state index contributed by atoms with van der Waals surface area (Å²) in [7, 11) is 1.80. The van der Waals surface area contributed by atoms with Crippen LogP contribution in [0.4, 0.5) is 0 Å². The molecule has 2 fully saturated rings. The van der Waals surface area contributed by atoms with E-state index < -0.39 is 0 Å². The van der Waals surface area contributed by atoms with Crippen molar-refractivity contribution in [3.8, 4) is 0 Å². The molecule has 5 atom stereocenters. The summed E-state index contributed by atoms with van der Waals surface area (Å²) in [5, 5.41) is 4.65. The zero-order valence-corrected chi connectivity index (χ0v) is 12.7. The van der Waals surface area contributed by atoms with Gasteiger partial charge in [0.1, 0.15) is 0 Å². The lowest BCUT2D eigenvalue weighted by atomic mass is 9.84.